The number of methoxy groups -OCH3 is 2. The molecule has 0 amide bonds. The van der Waals surface area contributed by atoms with E-state index in [0.717, 1.165) is 16.8 Å². The highest BCUT2D eigenvalue weighted by molar-refractivity contribution is 7.92. The van der Waals surface area contributed by atoms with Crippen LogP contribution in [-0.4, -0.2) is 32.6 Å². The molecule has 186 valence electrons. The van der Waals surface area contributed by atoms with Crippen LogP contribution in [-0.2, 0) is 10.0 Å². The Balaban J connectivity index is 1.39. The van der Waals surface area contributed by atoms with E-state index < -0.39 is 10.0 Å². The number of anilines is 3. The summed E-state index contributed by atoms with van der Waals surface area (Å²) in [5.74, 6) is 1.41. The molecule has 1 heterocycles. The number of sulfonamides is 1. The third kappa shape index (κ3) is 5.31. The molecule has 37 heavy (non-hydrogen) atoms. The lowest BCUT2D eigenvalue weighted by Crippen LogP contribution is -2.14. The van der Waals surface area contributed by atoms with Crippen molar-refractivity contribution in [2.45, 2.75) is 4.90 Å². The van der Waals surface area contributed by atoms with Crippen molar-refractivity contribution < 1.29 is 17.9 Å². The second-order valence-electron chi connectivity index (χ2n) is 8.15. The first-order chi connectivity index (χ1) is 17.9. The fourth-order valence-corrected chi connectivity index (χ4v) is 4.87. The maximum Gasteiger partial charge on any atom is 0.263 e. The quantitative estimate of drug-likeness (QED) is 0.268. The summed E-state index contributed by atoms with van der Waals surface area (Å²) in [7, 11) is -0.680. The van der Waals surface area contributed by atoms with Crippen molar-refractivity contribution >= 4 is 38.2 Å². The van der Waals surface area contributed by atoms with Gasteiger partial charge in [0.15, 0.2) is 5.82 Å². The van der Waals surface area contributed by atoms with Crippen LogP contribution in [0.1, 0.15) is 0 Å². The van der Waals surface area contributed by atoms with Crippen molar-refractivity contribution in [1.82, 2.24) is 9.97 Å². The Morgan fingerprint density at radius 1 is 0.757 bits per heavy atom. The molecule has 0 saturated heterocycles. The molecule has 9 heteroatoms. The summed E-state index contributed by atoms with van der Waals surface area (Å²) in [6.07, 6.45) is 1.40. The van der Waals surface area contributed by atoms with Crippen molar-refractivity contribution in [3.8, 4) is 22.6 Å². The number of aromatic nitrogens is 2. The Hall–Kier alpha value is -4.63. The van der Waals surface area contributed by atoms with Crippen LogP contribution in [0.2, 0.25) is 0 Å². The van der Waals surface area contributed by atoms with E-state index in [1.54, 1.807) is 50.6 Å². The maximum atomic E-state index is 13.0. The average molecular weight is 513 g/mol. The molecule has 0 saturated carbocycles. The fourth-order valence-electron chi connectivity index (χ4n) is 3.88. The molecule has 0 aliphatic rings. The molecule has 0 radical (unpaired) electrons. The van der Waals surface area contributed by atoms with Gasteiger partial charge in [0.1, 0.15) is 17.0 Å². The normalized spacial score (nSPS) is 11.2. The van der Waals surface area contributed by atoms with Crippen molar-refractivity contribution in [1.29, 1.82) is 0 Å². The van der Waals surface area contributed by atoms with Crippen LogP contribution in [0.4, 0.5) is 17.2 Å². The number of nitrogens with zero attached hydrogens (tertiary/aromatic N) is 2. The Kier molecular flexibility index (Phi) is 6.61. The molecule has 0 fully saturated rings. The smallest absolute Gasteiger partial charge is 0.263 e. The van der Waals surface area contributed by atoms with Gasteiger partial charge in [-0.05, 0) is 35.4 Å². The molecule has 0 aliphatic heterocycles. The van der Waals surface area contributed by atoms with Gasteiger partial charge in [0.05, 0.1) is 36.5 Å². The number of benzene rings is 4. The molecule has 5 aromatic rings. The van der Waals surface area contributed by atoms with Crippen LogP contribution < -0.4 is 19.5 Å². The molecule has 0 aliphatic carbocycles. The Morgan fingerprint density at radius 2 is 1.43 bits per heavy atom. The van der Waals surface area contributed by atoms with E-state index in [1.165, 1.54) is 6.20 Å². The third-order valence-electron chi connectivity index (χ3n) is 5.71. The number of fused-ring (bicyclic) bond motifs is 1. The van der Waals surface area contributed by atoms with E-state index in [0.29, 0.717) is 28.2 Å². The molecule has 1 aromatic heterocycles. The Labute approximate surface area is 215 Å². The third-order valence-corrected chi connectivity index (χ3v) is 7.08. The zero-order chi connectivity index (χ0) is 25.8. The van der Waals surface area contributed by atoms with E-state index in [9.17, 15) is 8.42 Å². The van der Waals surface area contributed by atoms with Gasteiger partial charge in [0.2, 0.25) is 0 Å². The zero-order valence-electron chi connectivity index (χ0n) is 20.2. The molecular formula is C28H24N4O4S. The van der Waals surface area contributed by atoms with E-state index >= 15 is 0 Å². The number of ether oxygens (including phenoxy) is 2. The lowest BCUT2D eigenvalue weighted by atomic mass is 10.1. The van der Waals surface area contributed by atoms with Crippen LogP contribution in [0.15, 0.2) is 102 Å². The summed E-state index contributed by atoms with van der Waals surface area (Å²) in [6, 6.07) is 27.4. The van der Waals surface area contributed by atoms with Crippen LogP contribution in [0.3, 0.4) is 0 Å². The Bertz CT molecular complexity index is 1640. The molecule has 0 bridgehead atoms. The number of rotatable bonds is 8. The van der Waals surface area contributed by atoms with E-state index in [1.807, 2.05) is 54.6 Å². The van der Waals surface area contributed by atoms with E-state index in [-0.39, 0.29) is 10.7 Å². The molecule has 4 aromatic carbocycles. The van der Waals surface area contributed by atoms with Gasteiger partial charge in [-0.25, -0.2) is 18.4 Å². The monoisotopic (exact) mass is 512 g/mol. The van der Waals surface area contributed by atoms with Gasteiger partial charge in [0, 0.05) is 23.9 Å². The first-order valence-corrected chi connectivity index (χ1v) is 12.9. The van der Waals surface area contributed by atoms with Crippen molar-refractivity contribution in [3.63, 3.8) is 0 Å². The predicted octanol–water partition coefficient (Wildman–Crippen LogP) is 5.86. The molecule has 2 N–H and O–H groups in total. The molecular weight excluding hydrogens is 488 g/mol. The highest BCUT2D eigenvalue weighted by Gasteiger charge is 2.16. The molecule has 0 unspecified atom stereocenters. The van der Waals surface area contributed by atoms with Crippen LogP contribution in [0.25, 0.3) is 22.2 Å². The van der Waals surface area contributed by atoms with Crippen LogP contribution in [0, 0.1) is 0 Å². The average Bonchev–Trinajstić information content (AvgIpc) is 2.93. The molecule has 0 atom stereocenters. The molecule has 8 nitrogen and oxygen atoms in total. The highest BCUT2D eigenvalue weighted by Crippen LogP contribution is 2.31. The first kappa shape index (κ1) is 24.1. The van der Waals surface area contributed by atoms with Crippen LogP contribution >= 0.6 is 0 Å². The van der Waals surface area contributed by atoms with Crippen molar-refractivity contribution in [3.05, 3.63) is 97.2 Å². The minimum Gasteiger partial charge on any atom is -0.497 e. The van der Waals surface area contributed by atoms with Crippen LogP contribution in [0.5, 0.6) is 11.5 Å². The van der Waals surface area contributed by atoms with Gasteiger partial charge in [-0.15, -0.1) is 0 Å². The van der Waals surface area contributed by atoms with Gasteiger partial charge in [-0.2, -0.15) is 0 Å². The highest BCUT2D eigenvalue weighted by atomic mass is 32.2. The largest absolute Gasteiger partial charge is 0.497 e. The number of hydrogen-bond acceptors (Lipinski definition) is 7. The summed E-state index contributed by atoms with van der Waals surface area (Å²) < 4.78 is 39.2. The number of para-hydroxylation sites is 1. The number of hydrogen-bond donors (Lipinski definition) is 2. The number of nitrogens with one attached hydrogen (secondary N) is 2. The second-order valence-corrected chi connectivity index (χ2v) is 9.83. The lowest BCUT2D eigenvalue weighted by molar-refractivity contribution is 0.395. The lowest BCUT2D eigenvalue weighted by Gasteiger charge is -2.13. The maximum absolute atomic E-state index is 13.0. The van der Waals surface area contributed by atoms with E-state index in [4.69, 9.17) is 9.47 Å². The summed E-state index contributed by atoms with van der Waals surface area (Å²) in [4.78, 5) is 9.09. The van der Waals surface area contributed by atoms with Gasteiger partial charge in [-0.3, -0.25) is 4.72 Å². The second kappa shape index (κ2) is 10.2. The predicted molar refractivity (Wildman–Crippen MR) is 145 cm³/mol. The van der Waals surface area contributed by atoms with Gasteiger partial charge < -0.3 is 14.8 Å². The first-order valence-electron chi connectivity index (χ1n) is 11.4. The van der Waals surface area contributed by atoms with Gasteiger partial charge in [0.25, 0.3) is 10.0 Å². The minimum absolute atomic E-state index is 0.125. The van der Waals surface area contributed by atoms with Crippen molar-refractivity contribution in [2.75, 3.05) is 24.3 Å². The van der Waals surface area contributed by atoms with Crippen molar-refractivity contribution in [2.24, 2.45) is 0 Å². The van der Waals surface area contributed by atoms with Gasteiger partial charge in [-0.1, -0.05) is 48.5 Å². The summed E-state index contributed by atoms with van der Waals surface area (Å²) in [5, 5.41) is 3.31. The Morgan fingerprint density at radius 3 is 2.11 bits per heavy atom. The SMILES string of the molecule is COc1cc(Nc2cccc3nc(NS(=O)(=O)c4ccc(-c5ccccc5)cc4)cnc23)cc(OC)c1. The molecule has 0 spiro atoms. The summed E-state index contributed by atoms with van der Waals surface area (Å²) in [5.41, 5.74) is 4.50. The topological polar surface area (TPSA) is 102 Å². The molecule has 5 rings (SSSR count). The summed E-state index contributed by atoms with van der Waals surface area (Å²) in [6.45, 7) is 0. The van der Waals surface area contributed by atoms with Gasteiger partial charge >= 0.3 is 0 Å². The standard InChI is InChI=1S/C28H24N4O4S/c1-35-22-15-21(16-23(17-22)36-2)30-25-9-6-10-26-28(25)29-18-27(31-26)32-37(33,34)24-13-11-20(12-14-24)19-7-4-3-5-8-19/h3-18,30H,1-2H3,(H,31,32). The van der Waals surface area contributed by atoms with E-state index in [2.05, 4.69) is 20.0 Å². The summed E-state index contributed by atoms with van der Waals surface area (Å²) >= 11 is 0. The zero-order valence-corrected chi connectivity index (χ0v) is 21.0. The fraction of sp³-hybridized carbons (Fsp3) is 0.0714. The minimum atomic E-state index is -3.85.